The van der Waals surface area contributed by atoms with Gasteiger partial charge in [0.15, 0.2) is 0 Å². The summed E-state index contributed by atoms with van der Waals surface area (Å²) in [5.74, 6) is 0.657. The number of H-pyrrole nitrogens is 1. The Hall–Kier alpha value is -2.89. The van der Waals surface area contributed by atoms with Crippen molar-refractivity contribution in [1.82, 2.24) is 9.97 Å². The molecular formula is C17H18N4O2. The van der Waals surface area contributed by atoms with E-state index < -0.39 is 4.92 Å². The normalized spacial score (nSPS) is 10.9. The number of aromatic nitrogens is 2. The molecule has 0 amide bonds. The van der Waals surface area contributed by atoms with Crippen molar-refractivity contribution in [1.29, 1.82) is 0 Å². The number of pyridine rings is 1. The summed E-state index contributed by atoms with van der Waals surface area (Å²) >= 11 is 0. The first-order valence-corrected chi connectivity index (χ1v) is 7.47. The molecule has 0 aliphatic heterocycles. The molecule has 6 nitrogen and oxygen atoms in total. The molecule has 0 bridgehead atoms. The second-order valence-electron chi connectivity index (χ2n) is 5.60. The Kier molecular flexibility index (Phi) is 3.97. The molecule has 0 radical (unpaired) electrons. The Balaban J connectivity index is 1.69. The van der Waals surface area contributed by atoms with Crippen molar-refractivity contribution in [3.05, 3.63) is 63.5 Å². The Morgan fingerprint density at radius 2 is 2.13 bits per heavy atom. The van der Waals surface area contributed by atoms with Gasteiger partial charge in [0, 0.05) is 29.2 Å². The molecule has 0 aliphatic carbocycles. The lowest BCUT2D eigenvalue weighted by Gasteiger charge is -2.07. The summed E-state index contributed by atoms with van der Waals surface area (Å²) in [6, 6.07) is 7.92. The van der Waals surface area contributed by atoms with E-state index in [0.29, 0.717) is 17.9 Å². The smallest absolute Gasteiger partial charge is 0.290 e. The van der Waals surface area contributed by atoms with Crippen molar-refractivity contribution in [2.45, 2.75) is 20.3 Å². The molecule has 0 spiro atoms. The minimum Gasteiger partial charge on any atom is -0.370 e. The molecule has 6 heteroatoms. The molecule has 23 heavy (non-hydrogen) atoms. The van der Waals surface area contributed by atoms with Gasteiger partial charge in [-0.2, -0.15) is 0 Å². The average molecular weight is 310 g/mol. The fourth-order valence-corrected chi connectivity index (χ4v) is 2.81. The number of anilines is 1. The summed E-state index contributed by atoms with van der Waals surface area (Å²) in [5.41, 5.74) is 4.30. The van der Waals surface area contributed by atoms with Crippen LogP contribution in [0.25, 0.3) is 10.9 Å². The number of rotatable bonds is 5. The summed E-state index contributed by atoms with van der Waals surface area (Å²) < 4.78 is 0. The molecule has 0 saturated heterocycles. The molecule has 0 aliphatic rings. The maximum atomic E-state index is 10.8. The van der Waals surface area contributed by atoms with Crippen molar-refractivity contribution < 1.29 is 4.92 Å². The summed E-state index contributed by atoms with van der Waals surface area (Å²) in [6.07, 6.45) is 4.18. The van der Waals surface area contributed by atoms with Crippen LogP contribution in [0.2, 0.25) is 0 Å². The number of aromatic amines is 1. The van der Waals surface area contributed by atoms with Gasteiger partial charge in [-0.3, -0.25) is 10.1 Å². The van der Waals surface area contributed by atoms with Crippen LogP contribution in [0.3, 0.4) is 0 Å². The number of benzene rings is 1. The van der Waals surface area contributed by atoms with E-state index in [0.717, 1.165) is 11.9 Å². The predicted octanol–water partition coefficient (Wildman–Crippen LogP) is 3.74. The summed E-state index contributed by atoms with van der Waals surface area (Å²) in [7, 11) is 0. The quantitative estimate of drug-likeness (QED) is 0.555. The summed E-state index contributed by atoms with van der Waals surface area (Å²) in [5, 5.41) is 15.3. The molecule has 3 aromatic rings. The lowest BCUT2D eigenvalue weighted by atomic mass is 10.1. The van der Waals surface area contributed by atoms with E-state index in [-0.39, 0.29) is 5.69 Å². The molecule has 3 rings (SSSR count). The Labute approximate surface area is 133 Å². The molecule has 0 fully saturated rings. The second-order valence-corrected chi connectivity index (χ2v) is 5.60. The first-order chi connectivity index (χ1) is 11.1. The van der Waals surface area contributed by atoms with E-state index in [1.807, 2.05) is 12.3 Å². The Morgan fingerprint density at radius 3 is 2.87 bits per heavy atom. The van der Waals surface area contributed by atoms with Crippen LogP contribution in [0.4, 0.5) is 11.5 Å². The van der Waals surface area contributed by atoms with Gasteiger partial charge in [-0.15, -0.1) is 0 Å². The van der Waals surface area contributed by atoms with Crippen molar-refractivity contribution in [3.63, 3.8) is 0 Å². The standard InChI is InChI=1S/C17H18N4O2/c1-11-4-3-5-14-17(11)13(9-19-14)6-7-18-16-8-12(2)15(10-20-16)21(22)23/h3-5,8-10,19H,6-7H2,1-2H3,(H,18,20). The van der Waals surface area contributed by atoms with Gasteiger partial charge in [0.2, 0.25) is 0 Å². The van der Waals surface area contributed by atoms with Gasteiger partial charge in [0.1, 0.15) is 12.0 Å². The van der Waals surface area contributed by atoms with Crippen molar-refractivity contribution in [3.8, 4) is 0 Å². The third kappa shape index (κ3) is 3.01. The zero-order chi connectivity index (χ0) is 16.4. The molecule has 0 atom stereocenters. The highest BCUT2D eigenvalue weighted by molar-refractivity contribution is 5.86. The number of hydrogen-bond acceptors (Lipinski definition) is 4. The third-order valence-corrected chi connectivity index (χ3v) is 3.98. The van der Waals surface area contributed by atoms with Gasteiger partial charge in [-0.25, -0.2) is 4.98 Å². The highest BCUT2D eigenvalue weighted by Crippen LogP contribution is 2.23. The van der Waals surface area contributed by atoms with Crippen LogP contribution >= 0.6 is 0 Å². The number of nitrogens with zero attached hydrogens (tertiary/aromatic N) is 2. The van der Waals surface area contributed by atoms with Gasteiger partial charge in [0.05, 0.1) is 4.92 Å². The van der Waals surface area contributed by atoms with E-state index in [1.54, 1.807) is 13.0 Å². The maximum absolute atomic E-state index is 10.8. The number of fused-ring (bicyclic) bond motifs is 1. The molecule has 0 unspecified atom stereocenters. The Bertz CT molecular complexity index is 870. The topological polar surface area (TPSA) is 83.8 Å². The monoisotopic (exact) mass is 310 g/mol. The minimum atomic E-state index is -0.416. The van der Waals surface area contributed by atoms with Crippen LogP contribution in [0.5, 0.6) is 0 Å². The molecule has 2 N–H and O–H groups in total. The van der Waals surface area contributed by atoms with Gasteiger partial charge in [-0.1, -0.05) is 12.1 Å². The van der Waals surface area contributed by atoms with Gasteiger partial charge in [0.25, 0.3) is 5.69 Å². The second kappa shape index (κ2) is 6.08. The average Bonchev–Trinajstić information content (AvgIpc) is 2.92. The molecule has 1 aromatic carbocycles. The van der Waals surface area contributed by atoms with Crippen LogP contribution in [-0.2, 0) is 6.42 Å². The largest absolute Gasteiger partial charge is 0.370 e. The maximum Gasteiger partial charge on any atom is 0.290 e. The van der Waals surface area contributed by atoms with E-state index >= 15 is 0 Å². The van der Waals surface area contributed by atoms with Crippen molar-refractivity contribution in [2.24, 2.45) is 0 Å². The molecule has 118 valence electrons. The lowest BCUT2D eigenvalue weighted by Crippen LogP contribution is -2.07. The van der Waals surface area contributed by atoms with Gasteiger partial charge in [-0.05, 0) is 43.5 Å². The van der Waals surface area contributed by atoms with E-state index in [1.165, 1.54) is 22.7 Å². The fourth-order valence-electron chi connectivity index (χ4n) is 2.81. The third-order valence-electron chi connectivity index (χ3n) is 3.98. The highest BCUT2D eigenvalue weighted by atomic mass is 16.6. The number of nitrogens with one attached hydrogen (secondary N) is 2. The van der Waals surface area contributed by atoms with E-state index in [9.17, 15) is 10.1 Å². The molecular weight excluding hydrogens is 292 g/mol. The molecule has 0 saturated carbocycles. The van der Waals surface area contributed by atoms with Crippen LogP contribution in [-0.4, -0.2) is 21.4 Å². The first kappa shape index (κ1) is 15.0. The molecule has 2 aromatic heterocycles. The highest BCUT2D eigenvalue weighted by Gasteiger charge is 2.11. The fraction of sp³-hybridized carbons (Fsp3) is 0.235. The number of nitro groups is 1. The van der Waals surface area contributed by atoms with Crippen LogP contribution < -0.4 is 5.32 Å². The SMILES string of the molecule is Cc1cc(NCCc2c[nH]c3cccc(C)c23)ncc1[N+](=O)[O-]. The zero-order valence-electron chi connectivity index (χ0n) is 13.1. The predicted molar refractivity (Wildman–Crippen MR) is 90.9 cm³/mol. The number of aryl methyl sites for hydroxylation is 2. The minimum absolute atomic E-state index is 0.0443. The molecule has 2 heterocycles. The van der Waals surface area contributed by atoms with Crippen molar-refractivity contribution >= 4 is 22.4 Å². The van der Waals surface area contributed by atoms with Crippen LogP contribution in [0, 0.1) is 24.0 Å². The summed E-state index contributed by atoms with van der Waals surface area (Å²) in [6.45, 7) is 4.54. The van der Waals surface area contributed by atoms with Gasteiger partial charge >= 0.3 is 0 Å². The van der Waals surface area contributed by atoms with Gasteiger partial charge < -0.3 is 10.3 Å². The van der Waals surface area contributed by atoms with E-state index in [2.05, 4.69) is 34.3 Å². The first-order valence-electron chi connectivity index (χ1n) is 7.47. The van der Waals surface area contributed by atoms with Crippen molar-refractivity contribution in [2.75, 3.05) is 11.9 Å². The van der Waals surface area contributed by atoms with Crippen LogP contribution in [0.15, 0.2) is 36.7 Å². The van der Waals surface area contributed by atoms with E-state index in [4.69, 9.17) is 0 Å². The zero-order valence-corrected chi connectivity index (χ0v) is 13.1. The Morgan fingerprint density at radius 1 is 1.30 bits per heavy atom. The van der Waals surface area contributed by atoms with Crippen LogP contribution in [0.1, 0.15) is 16.7 Å². The number of hydrogen-bond donors (Lipinski definition) is 2. The lowest BCUT2D eigenvalue weighted by molar-refractivity contribution is -0.385. The summed E-state index contributed by atoms with van der Waals surface area (Å²) in [4.78, 5) is 17.8.